The number of pyridine rings is 1. The Bertz CT molecular complexity index is 465. The van der Waals surface area contributed by atoms with Crippen LogP contribution >= 0.6 is 0 Å². The first-order valence-electron chi connectivity index (χ1n) is 4.32. The van der Waals surface area contributed by atoms with Gasteiger partial charge in [-0.1, -0.05) is 6.07 Å². The second kappa shape index (κ2) is 3.53. The molecule has 0 radical (unpaired) electrons. The number of hydrogen-bond acceptors (Lipinski definition) is 4. The lowest BCUT2D eigenvalue weighted by Gasteiger charge is -2.03. The monoisotopic (exact) mass is 206 g/mol. The van der Waals surface area contributed by atoms with Crippen molar-refractivity contribution in [3.05, 3.63) is 30.6 Å². The first-order valence-corrected chi connectivity index (χ1v) is 4.32. The van der Waals surface area contributed by atoms with E-state index >= 15 is 0 Å². The standard InChI is InChI=1S/C10H10N2O3/c1-15-12-9(13)5-8(10(12)14)7-3-2-4-11-6-7/h2-6,13-14H,1H3. The summed E-state index contributed by atoms with van der Waals surface area (Å²) in [4.78, 5) is 8.70. The lowest BCUT2D eigenvalue weighted by Crippen LogP contribution is -2.03. The summed E-state index contributed by atoms with van der Waals surface area (Å²) in [5.41, 5.74) is 1.18. The number of rotatable bonds is 2. The van der Waals surface area contributed by atoms with Gasteiger partial charge in [-0.3, -0.25) is 4.98 Å². The quantitative estimate of drug-likeness (QED) is 0.769. The lowest BCUT2D eigenvalue weighted by atomic mass is 10.1. The molecule has 2 heterocycles. The van der Waals surface area contributed by atoms with E-state index in [1.165, 1.54) is 13.2 Å². The van der Waals surface area contributed by atoms with Gasteiger partial charge in [-0.2, -0.15) is 0 Å². The molecule has 2 aromatic heterocycles. The predicted molar refractivity (Wildman–Crippen MR) is 53.5 cm³/mol. The highest BCUT2D eigenvalue weighted by Crippen LogP contribution is 2.34. The summed E-state index contributed by atoms with van der Waals surface area (Å²) in [7, 11) is 1.35. The number of aromatic hydroxyl groups is 2. The van der Waals surface area contributed by atoms with Crippen molar-refractivity contribution in [1.29, 1.82) is 0 Å². The average Bonchev–Trinajstić information content (AvgIpc) is 2.55. The second-order valence-electron chi connectivity index (χ2n) is 2.96. The van der Waals surface area contributed by atoms with E-state index in [0.717, 1.165) is 4.73 Å². The highest BCUT2D eigenvalue weighted by molar-refractivity contribution is 5.69. The van der Waals surface area contributed by atoms with Crippen molar-refractivity contribution in [2.24, 2.45) is 0 Å². The Hall–Kier alpha value is -2.17. The Morgan fingerprint density at radius 2 is 2.20 bits per heavy atom. The van der Waals surface area contributed by atoms with Gasteiger partial charge in [-0.15, -0.1) is 4.73 Å². The van der Waals surface area contributed by atoms with E-state index in [4.69, 9.17) is 4.84 Å². The van der Waals surface area contributed by atoms with Crippen LogP contribution in [-0.2, 0) is 0 Å². The van der Waals surface area contributed by atoms with Crippen molar-refractivity contribution < 1.29 is 15.1 Å². The van der Waals surface area contributed by atoms with Crippen LogP contribution in [0, 0.1) is 0 Å². The molecule has 0 unspecified atom stereocenters. The molecule has 2 aromatic rings. The molecule has 2 rings (SSSR count). The zero-order valence-electron chi connectivity index (χ0n) is 8.08. The smallest absolute Gasteiger partial charge is 0.237 e. The summed E-state index contributed by atoms with van der Waals surface area (Å²) in [6.07, 6.45) is 3.22. The molecule has 15 heavy (non-hydrogen) atoms. The van der Waals surface area contributed by atoms with Gasteiger partial charge in [0.25, 0.3) is 0 Å². The fraction of sp³-hybridized carbons (Fsp3) is 0.100. The van der Waals surface area contributed by atoms with Gasteiger partial charge in [0.15, 0.2) is 0 Å². The molecule has 0 aliphatic rings. The van der Waals surface area contributed by atoms with Crippen LogP contribution in [0.1, 0.15) is 0 Å². The molecule has 0 saturated carbocycles. The van der Waals surface area contributed by atoms with Crippen LogP contribution in [0.4, 0.5) is 0 Å². The maximum Gasteiger partial charge on any atom is 0.237 e. The molecule has 0 spiro atoms. The molecule has 0 aromatic carbocycles. The third-order valence-corrected chi connectivity index (χ3v) is 2.07. The first kappa shape index (κ1) is 9.39. The Labute approximate surface area is 86.1 Å². The SMILES string of the molecule is COn1c(O)cc(-c2cccnc2)c1O. The highest BCUT2D eigenvalue weighted by atomic mass is 16.7. The molecule has 0 amide bonds. The van der Waals surface area contributed by atoms with Crippen molar-refractivity contribution in [2.75, 3.05) is 7.11 Å². The van der Waals surface area contributed by atoms with Gasteiger partial charge in [-0.05, 0) is 6.07 Å². The summed E-state index contributed by atoms with van der Waals surface area (Å²) in [6, 6.07) is 4.94. The van der Waals surface area contributed by atoms with E-state index in [0.29, 0.717) is 11.1 Å². The van der Waals surface area contributed by atoms with Crippen LogP contribution in [-0.4, -0.2) is 27.0 Å². The van der Waals surface area contributed by atoms with Crippen LogP contribution in [0.15, 0.2) is 30.6 Å². The van der Waals surface area contributed by atoms with E-state index in [2.05, 4.69) is 4.98 Å². The van der Waals surface area contributed by atoms with E-state index in [9.17, 15) is 10.2 Å². The molecular formula is C10H10N2O3. The normalized spacial score (nSPS) is 10.2. The molecule has 0 saturated heterocycles. The lowest BCUT2D eigenvalue weighted by molar-refractivity contribution is 0.120. The van der Waals surface area contributed by atoms with Gasteiger partial charge in [0, 0.05) is 24.0 Å². The Morgan fingerprint density at radius 3 is 2.73 bits per heavy atom. The zero-order valence-corrected chi connectivity index (χ0v) is 8.08. The van der Waals surface area contributed by atoms with Crippen LogP contribution in [0.5, 0.6) is 11.8 Å². The fourth-order valence-electron chi connectivity index (χ4n) is 1.38. The molecule has 0 aliphatic heterocycles. The van der Waals surface area contributed by atoms with Crippen molar-refractivity contribution >= 4 is 0 Å². The van der Waals surface area contributed by atoms with Crippen LogP contribution in [0.3, 0.4) is 0 Å². The first-order chi connectivity index (χ1) is 7.24. The minimum absolute atomic E-state index is 0.150. The Morgan fingerprint density at radius 1 is 1.40 bits per heavy atom. The van der Waals surface area contributed by atoms with Gasteiger partial charge < -0.3 is 15.1 Å². The minimum atomic E-state index is -0.158. The summed E-state index contributed by atoms with van der Waals surface area (Å²) < 4.78 is 0.933. The predicted octanol–water partition coefficient (Wildman–Crippen LogP) is 1.02. The maximum absolute atomic E-state index is 9.71. The second-order valence-corrected chi connectivity index (χ2v) is 2.96. The summed E-state index contributed by atoms with van der Waals surface area (Å²) >= 11 is 0. The van der Waals surface area contributed by atoms with E-state index < -0.39 is 0 Å². The Kier molecular flexibility index (Phi) is 2.21. The molecule has 5 nitrogen and oxygen atoms in total. The molecule has 0 atom stereocenters. The van der Waals surface area contributed by atoms with Gasteiger partial charge in [-0.25, -0.2) is 0 Å². The highest BCUT2D eigenvalue weighted by Gasteiger charge is 2.15. The largest absolute Gasteiger partial charge is 0.492 e. The molecule has 0 bridgehead atoms. The summed E-state index contributed by atoms with van der Waals surface area (Å²) in [5, 5.41) is 19.1. The van der Waals surface area contributed by atoms with E-state index in [-0.39, 0.29) is 11.8 Å². The zero-order chi connectivity index (χ0) is 10.8. The number of aromatic nitrogens is 2. The third-order valence-electron chi connectivity index (χ3n) is 2.07. The molecule has 0 fully saturated rings. The van der Waals surface area contributed by atoms with E-state index in [1.807, 2.05) is 0 Å². The van der Waals surface area contributed by atoms with E-state index in [1.54, 1.807) is 24.5 Å². The average molecular weight is 206 g/mol. The van der Waals surface area contributed by atoms with Crippen molar-refractivity contribution in [1.82, 2.24) is 9.71 Å². The number of nitrogens with zero attached hydrogens (tertiary/aromatic N) is 2. The Balaban J connectivity index is 2.55. The summed E-state index contributed by atoms with van der Waals surface area (Å²) in [6.45, 7) is 0. The van der Waals surface area contributed by atoms with Gasteiger partial charge >= 0.3 is 0 Å². The maximum atomic E-state index is 9.71. The van der Waals surface area contributed by atoms with Crippen molar-refractivity contribution in [3.63, 3.8) is 0 Å². The van der Waals surface area contributed by atoms with Crippen molar-refractivity contribution in [2.45, 2.75) is 0 Å². The van der Waals surface area contributed by atoms with Gasteiger partial charge in [0.05, 0.1) is 5.56 Å². The topological polar surface area (TPSA) is 67.5 Å². The molecule has 2 N–H and O–H groups in total. The fourth-order valence-corrected chi connectivity index (χ4v) is 1.38. The number of hydrogen-bond donors (Lipinski definition) is 2. The minimum Gasteiger partial charge on any atom is -0.492 e. The van der Waals surface area contributed by atoms with Crippen LogP contribution in [0.25, 0.3) is 11.1 Å². The van der Waals surface area contributed by atoms with Gasteiger partial charge in [0.1, 0.15) is 7.11 Å². The molecule has 5 heteroatoms. The summed E-state index contributed by atoms with van der Waals surface area (Å²) in [5.74, 6) is -0.308. The molecule has 78 valence electrons. The third kappa shape index (κ3) is 1.48. The molecule has 0 aliphatic carbocycles. The van der Waals surface area contributed by atoms with Crippen molar-refractivity contribution in [3.8, 4) is 22.9 Å². The van der Waals surface area contributed by atoms with Crippen LogP contribution in [0.2, 0.25) is 0 Å². The van der Waals surface area contributed by atoms with Gasteiger partial charge in [0.2, 0.25) is 11.8 Å². The molecular weight excluding hydrogens is 196 g/mol. The van der Waals surface area contributed by atoms with Crippen LogP contribution < -0.4 is 4.84 Å².